The van der Waals surface area contributed by atoms with Crippen molar-refractivity contribution in [2.24, 2.45) is 0 Å². The molecule has 6 heteroatoms. The molecule has 0 spiro atoms. The monoisotopic (exact) mass is 356 g/mol. The molecule has 6 nitrogen and oxygen atoms in total. The van der Waals surface area contributed by atoms with E-state index < -0.39 is 5.97 Å². The van der Waals surface area contributed by atoms with Gasteiger partial charge in [0, 0.05) is 12.2 Å². The Morgan fingerprint density at radius 1 is 0.720 bits per heavy atom. The number of unbranched alkanes of at least 4 members (excludes halogenated alkanes) is 6. The maximum Gasteiger partial charge on any atom is 0.335 e. The minimum absolute atomic E-state index is 0.120. The van der Waals surface area contributed by atoms with Gasteiger partial charge in [0.25, 0.3) is 0 Å². The number of rotatable bonds is 16. The number of hydrogen-bond acceptors (Lipinski definition) is 6. The van der Waals surface area contributed by atoms with E-state index in [1.54, 1.807) is 0 Å². The van der Waals surface area contributed by atoms with Crippen LogP contribution in [-0.4, -0.2) is 46.2 Å². The van der Waals surface area contributed by atoms with Gasteiger partial charge in [-0.05, 0) is 19.3 Å². The fourth-order valence-corrected chi connectivity index (χ4v) is 2.16. The van der Waals surface area contributed by atoms with E-state index in [0.717, 1.165) is 32.1 Å². The van der Waals surface area contributed by atoms with Crippen LogP contribution < -0.4 is 0 Å². The first kappa shape index (κ1) is 23.3. The van der Waals surface area contributed by atoms with E-state index >= 15 is 0 Å². The number of carbonyl (C=O) groups excluding carboxylic acids is 2. The highest BCUT2D eigenvalue weighted by molar-refractivity contribution is 5.88. The lowest BCUT2D eigenvalue weighted by Crippen LogP contribution is -2.11. The van der Waals surface area contributed by atoms with Gasteiger partial charge in [-0.25, -0.2) is 9.59 Å². The highest BCUT2D eigenvalue weighted by atomic mass is 16.7. The Labute approximate surface area is 151 Å². The van der Waals surface area contributed by atoms with Crippen molar-refractivity contribution in [1.29, 1.82) is 0 Å². The summed E-state index contributed by atoms with van der Waals surface area (Å²) >= 11 is 0. The summed E-state index contributed by atoms with van der Waals surface area (Å²) in [7, 11) is 2.69. The molecule has 0 fully saturated rings. The lowest BCUT2D eigenvalue weighted by molar-refractivity contribution is -0.137. The second-order valence-electron chi connectivity index (χ2n) is 5.79. The van der Waals surface area contributed by atoms with Crippen LogP contribution in [0.15, 0.2) is 24.3 Å². The fourth-order valence-electron chi connectivity index (χ4n) is 2.16. The highest BCUT2D eigenvalue weighted by Gasteiger charge is 2.06. The first-order valence-corrected chi connectivity index (χ1v) is 8.70. The molecule has 0 aliphatic carbocycles. The van der Waals surface area contributed by atoms with Crippen LogP contribution in [0, 0.1) is 0 Å². The number of hydrogen-bond donors (Lipinski definition) is 0. The van der Waals surface area contributed by atoms with Crippen LogP contribution in [-0.2, 0) is 28.5 Å². The highest BCUT2D eigenvalue weighted by Crippen LogP contribution is 2.12. The van der Waals surface area contributed by atoms with Crippen molar-refractivity contribution >= 4 is 11.9 Å². The zero-order valence-electron chi connectivity index (χ0n) is 15.6. The number of esters is 2. The normalized spacial score (nSPS) is 10.3. The Morgan fingerprint density at radius 2 is 1.24 bits per heavy atom. The summed E-state index contributed by atoms with van der Waals surface area (Å²) < 4.78 is 19.6. The molecule has 0 rings (SSSR count). The number of ether oxygens (including phenoxy) is 4. The molecule has 0 radical (unpaired) electrons. The minimum Gasteiger partial charge on any atom is -0.466 e. The number of methoxy groups -OCH3 is 2. The Kier molecular flexibility index (Phi) is 14.8. The first-order chi connectivity index (χ1) is 12.0. The number of carbonyl (C=O) groups is 2. The average Bonchev–Trinajstić information content (AvgIpc) is 2.63. The third kappa shape index (κ3) is 13.3. The molecule has 0 aliphatic rings. The van der Waals surface area contributed by atoms with Gasteiger partial charge in [0.1, 0.15) is 6.79 Å². The van der Waals surface area contributed by atoms with Gasteiger partial charge in [-0.3, -0.25) is 0 Å². The molecule has 0 aromatic carbocycles. The van der Waals surface area contributed by atoms with E-state index in [0.29, 0.717) is 18.6 Å². The van der Waals surface area contributed by atoms with Gasteiger partial charge < -0.3 is 18.9 Å². The van der Waals surface area contributed by atoms with E-state index in [4.69, 9.17) is 9.47 Å². The summed E-state index contributed by atoms with van der Waals surface area (Å²) in [6.45, 7) is 8.18. The molecule has 144 valence electrons. The standard InChI is InChI=1S/C19H32O6/c1-16(18(20)22-3)12-10-8-6-5-7-9-11-13-24-15-25-14-17(2)19(21)23-4/h1-2,5-15H2,3-4H3. The molecule has 0 amide bonds. The molecular formula is C19H32O6. The van der Waals surface area contributed by atoms with Gasteiger partial charge >= 0.3 is 11.9 Å². The molecule has 0 bridgehead atoms. The summed E-state index contributed by atoms with van der Waals surface area (Å²) in [5.74, 6) is -0.770. The Bertz CT molecular complexity index is 378. The van der Waals surface area contributed by atoms with Gasteiger partial charge in [0.15, 0.2) is 0 Å². The molecule has 0 aliphatic heterocycles. The molecule has 0 aromatic rings. The van der Waals surface area contributed by atoms with Gasteiger partial charge in [-0.2, -0.15) is 0 Å². The van der Waals surface area contributed by atoms with Crippen LogP contribution >= 0.6 is 0 Å². The molecule has 0 atom stereocenters. The molecule has 0 saturated carbocycles. The smallest absolute Gasteiger partial charge is 0.335 e. The maximum atomic E-state index is 11.2. The zero-order valence-corrected chi connectivity index (χ0v) is 15.6. The largest absolute Gasteiger partial charge is 0.466 e. The van der Waals surface area contributed by atoms with E-state index in [-0.39, 0.29) is 24.9 Å². The van der Waals surface area contributed by atoms with Crippen molar-refractivity contribution < 1.29 is 28.5 Å². The molecule has 0 aromatic heterocycles. The third-order valence-electron chi connectivity index (χ3n) is 3.66. The Morgan fingerprint density at radius 3 is 1.84 bits per heavy atom. The average molecular weight is 356 g/mol. The van der Waals surface area contributed by atoms with Crippen molar-refractivity contribution in [3.05, 3.63) is 24.3 Å². The fraction of sp³-hybridized carbons (Fsp3) is 0.684. The summed E-state index contributed by atoms with van der Waals surface area (Å²) in [6, 6.07) is 0. The van der Waals surface area contributed by atoms with E-state index in [1.807, 2.05) is 0 Å². The van der Waals surface area contributed by atoms with Gasteiger partial charge in [0.05, 0.1) is 26.4 Å². The van der Waals surface area contributed by atoms with Gasteiger partial charge in [-0.15, -0.1) is 0 Å². The van der Waals surface area contributed by atoms with E-state index in [9.17, 15) is 9.59 Å². The second-order valence-corrected chi connectivity index (χ2v) is 5.79. The predicted octanol–water partition coefficient (Wildman–Crippen LogP) is 3.56. The van der Waals surface area contributed by atoms with Crippen molar-refractivity contribution in [2.75, 3.05) is 34.2 Å². The summed E-state index contributed by atoms with van der Waals surface area (Å²) in [6.07, 6.45) is 8.40. The van der Waals surface area contributed by atoms with Crippen LogP contribution in [0.1, 0.15) is 51.4 Å². The van der Waals surface area contributed by atoms with Crippen LogP contribution in [0.3, 0.4) is 0 Å². The quantitative estimate of drug-likeness (QED) is 0.182. The van der Waals surface area contributed by atoms with Crippen molar-refractivity contribution in [3.63, 3.8) is 0 Å². The molecule has 0 heterocycles. The van der Waals surface area contributed by atoms with Crippen LogP contribution in [0.25, 0.3) is 0 Å². The van der Waals surface area contributed by atoms with E-state index in [2.05, 4.69) is 22.6 Å². The lowest BCUT2D eigenvalue weighted by atomic mass is 10.1. The summed E-state index contributed by atoms with van der Waals surface area (Å²) in [5, 5.41) is 0. The SMILES string of the molecule is C=C(CCCCCCCCCOCOCC(=C)C(=O)OC)C(=O)OC. The lowest BCUT2D eigenvalue weighted by Gasteiger charge is -2.07. The summed E-state index contributed by atoms with van der Waals surface area (Å²) in [4.78, 5) is 22.2. The molecule has 25 heavy (non-hydrogen) atoms. The zero-order chi connectivity index (χ0) is 18.9. The summed E-state index contributed by atoms with van der Waals surface area (Å²) in [5.41, 5.74) is 0.832. The van der Waals surface area contributed by atoms with Crippen molar-refractivity contribution in [3.8, 4) is 0 Å². The minimum atomic E-state index is -0.463. The Hall–Kier alpha value is -1.66. The van der Waals surface area contributed by atoms with Crippen LogP contribution in [0.5, 0.6) is 0 Å². The van der Waals surface area contributed by atoms with Crippen molar-refractivity contribution in [2.45, 2.75) is 51.4 Å². The Balaban J connectivity index is 3.27. The molecule has 0 N–H and O–H groups in total. The first-order valence-electron chi connectivity index (χ1n) is 8.70. The maximum absolute atomic E-state index is 11.2. The van der Waals surface area contributed by atoms with Gasteiger partial charge in [0.2, 0.25) is 0 Å². The van der Waals surface area contributed by atoms with Crippen LogP contribution in [0.2, 0.25) is 0 Å². The molecule has 0 unspecified atom stereocenters. The molecule has 0 saturated heterocycles. The molecular weight excluding hydrogens is 324 g/mol. The third-order valence-corrected chi connectivity index (χ3v) is 3.66. The van der Waals surface area contributed by atoms with Crippen LogP contribution in [0.4, 0.5) is 0 Å². The van der Waals surface area contributed by atoms with E-state index in [1.165, 1.54) is 27.1 Å². The predicted molar refractivity (Wildman–Crippen MR) is 96.0 cm³/mol. The van der Waals surface area contributed by atoms with Crippen molar-refractivity contribution in [1.82, 2.24) is 0 Å². The second kappa shape index (κ2) is 15.8. The van der Waals surface area contributed by atoms with Gasteiger partial charge in [-0.1, -0.05) is 45.3 Å². The topological polar surface area (TPSA) is 71.1 Å².